The molecule has 0 aliphatic heterocycles. The molecule has 0 aromatic heterocycles. The predicted molar refractivity (Wildman–Crippen MR) is 42.3 cm³/mol. The molecule has 2 N–H and O–H groups in total. The highest BCUT2D eigenvalue weighted by molar-refractivity contribution is 4.80. The molecule has 9 heavy (non-hydrogen) atoms. The Labute approximate surface area is 57.9 Å². The van der Waals surface area contributed by atoms with Crippen molar-refractivity contribution in [3.05, 3.63) is 12.2 Å². The van der Waals surface area contributed by atoms with E-state index in [9.17, 15) is 0 Å². The highest BCUT2D eigenvalue weighted by atomic mass is 14.5. The SMILES string of the molecule is CCC/C=C/CCCN. The first-order chi connectivity index (χ1) is 4.41. The monoisotopic (exact) mass is 127 g/mol. The van der Waals surface area contributed by atoms with Crippen molar-refractivity contribution in [2.45, 2.75) is 32.6 Å². The van der Waals surface area contributed by atoms with E-state index in [4.69, 9.17) is 5.73 Å². The fourth-order valence-electron chi connectivity index (χ4n) is 0.638. The number of unbranched alkanes of at least 4 members (excludes halogenated alkanes) is 2. The van der Waals surface area contributed by atoms with Crippen LogP contribution in [-0.4, -0.2) is 6.54 Å². The van der Waals surface area contributed by atoms with Gasteiger partial charge in [-0.25, -0.2) is 0 Å². The molecule has 0 spiro atoms. The number of rotatable bonds is 5. The average Bonchev–Trinajstić information content (AvgIpc) is 1.89. The van der Waals surface area contributed by atoms with Gasteiger partial charge in [0.15, 0.2) is 0 Å². The smallest absolute Gasteiger partial charge is 0.00743 e. The van der Waals surface area contributed by atoms with Crippen LogP contribution >= 0.6 is 0 Å². The van der Waals surface area contributed by atoms with Gasteiger partial charge in [0.1, 0.15) is 0 Å². The molecule has 54 valence electrons. The van der Waals surface area contributed by atoms with E-state index < -0.39 is 0 Å². The second-order valence-corrected chi connectivity index (χ2v) is 2.19. The summed E-state index contributed by atoms with van der Waals surface area (Å²) in [5.74, 6) is 0. The van der Waals surface area contributed by atoms with Gasteiger partial charge in [-0.3, -0.25) is 0 Å². The van der Waals surface area contributed by atoms with Crippen LogP contribution in [0, 0.1) is 0 Å². The molecule has 0 aliphatic rings. The van der Waals surface area contributed by atoms with Crippen LogP contribution in [0.1, 0.15) is 32.6 Å². The van der Waals surface area contributed by atoms with E-state index in [0.29, 0.717) is 0 Å². The zero-order chi connectivity index (χ0) is 6.95. The summed E-state index contributed by atoms with van der Waals surface area (Å²) >= 11 is 0. The molecule has 0 saturated carbocycles. The fourth-order valence-corrected chi connectivity index (χ4v) is 0.638. The van der Waals surface area contributed by atoms with E-state index in [1.807, 2.05) is 0 Å². The summed E-state index contributed by atoms with van der Waals surface area (Å²) in [6.45, 7) is 3.00. The molecular formula is C8H17N. The summed E-state index contributed by atoms with van der Waals surface area (Å²) in [6.07, 6.45) is 9.19. The van der Waals surface area contributed by atoms with Crippen molar-refractivity contribution in [1.82, 2.24) is 0 Å². The lowest BCUT2D eigenvalue weighted by Gasteiger charge is -1.87. The van der Waals surface area contributed by atoms with Crippen molar-refractivity contribution in [3.63, 3.8) is 0 Å². The van der Waals surface area contributed by atoms with E-state index in [-0.39, 0.29) is 0 Å². The van der Waals surface area contributed by atoms with Crippen molar-refractivity contribution >= 4 is 0 Å². The van der Waals surface area contributed by atoms with Crippen molar-refractivity contribution in [1.29, 1.82) is 0 Å². The third-order valence-electron chi connectivity index (χ3n) is 1.20. The van der Waals surface area contributed by atoms with Crippen molar-refractivity contribution in [3.8, 4) is 0 Å². The first-order valence-electron chi connectivity index (χ1n) is 3.77. The van der Waals surface area contributed by atoms with Gasteiger partial charge >= 0.3 is 0 Å². The molecular weight excluding hydrogens is 110 g/mol. The third kappa shape index (κ3) is 7.70. The van der Waals surface area contributed by atoms with Gasteiger partial charge in [-0.1, -0.05) is 25.5 Å². The van der Waals surface area contributed by atoms with Crippen molar-refractivity contribution in [2.24, 2.45) is 5.73 Å². The predicted octanol–water partition coefficient (Wildman–Crippen LogP) is 2.08. The van der Waals surface area contributed by atoms with Gasteiger partial charge < -0.3 is 5.73 Å². The maximum Gasteiger partial charge on any atom is -0.00743 e. The molecule has 1 nitrogen and oxygen atoms in total. The van der Waals surface area contributed by atoms with E-state index in [2.05, 4.69) is 19.1 Å². The lowest BCUT2D eigenvalue weighted by Crippen LogP contribution is -1.96. The lowest BCUT2D eigenvalue weighted by atomic mass is 10.2. The summed E-state index contributed by atoms with van der Waals surface area (Å²) in [5.41, 5.74) is 5.31. The Balaban J connectivity index is 2.86. The third-order valence-corrected chi connectivity index (χ3v) is 1.20. The van der Waals surface area contributed by atoms with Gasteiger partial charge in [0.05, 0.1) is 0 Å². The summed E-state index contributed by atoms with van der Waals surface area (Å²) in [6, 6.07) is 0. The Morgan fingerprint density at radius 3 is 2.44 bits per heavy atom. The van der Waals surface area contributed by atoms with E-state index in [1.165, 1.54) is 12.8 Å². The molecule has 0 heterocycles. The molecule has 0 aliphatic carbocycles. The summed E-state index contributed by atoms with van der Waals surface area (Å²) in [4.78, 5) is 0. The highest BCUT2D eigenvalue weighted by Gasteiger charge is 1.76. The van der Waals surface area contributed by atoms with Gasteiger partial charge in [0.2, 0.25) is 0 Å². The highest BCUT2D eigenvalue weighted by Crippen LogP contribution is 1.92. The second-order valence-electron chi connectivity index (χ2n) is 2.19. The molecule has 0 amide bonds. The number of hydrogen-bond donors (Lipinski definition) is 1. The first-order valence-corrected chi connectivity index (χ1v) is 3.77. The quantitative estimate of drug-likeness (QED) is 0.444. The summed E-state index contributed by atoms with van der Waals surface area (Å²) in [5, 5.41) is 0. The largest absolute Gasteiger partial charge is 0.330 e. The lowest BCUT2D eigenvalue weighted by molar-refractivity contribution is 0.847. The molecule has 0 aromatic carbocycles. The minimum Gasteiger partial charge on any atom is -0.330 e. The number of allylic oxidation sites excluding steroid dienone is 2. The van der Waals surface area contributed by atoms with Crippen LogP contribution < -0.4 is 5.73 Å². The van der Waals surface area contributed by atoms with Crippen LogP contribution in [0.2, 0.25) is 0 Å². The average molecular weight is 127 g/mol. The molecule has 0 saturated heterocycles. The van der Waals surface area contributed by atoms with E-state index in [1.54, 1.807) is 0 Å². The summed E-state index contributed by atoms with van der Waals surface area (Å²) < 4.78 is 0. The molecule has 0 aromatic rings. The standard InChI is InChI=1S/C8H17N/c1-2-3-4-5-6-7-8-9/h4-5H,2-3,6-9H2,1H3/b5-4+. The van der Waals surface area contributed by atoms with E-state index >= 15 is 0 Å². The number of nitrogens with two attached hydrogens (primary N) is 1. The van der Waals surface area contributed by atoms with Gasteiger partial charge in [-0.05, 0) is 25.8 Å². The Kier molecular flexibility index (Phi) is 7.44. The maximum absolute atomic E-state index is 5.31. The van der Waals surface area contributed by atoms with Crippen LogP contribution in [0.15, 0.2) is 12.2 Å². The first kappa shape index (κ1) is 8.70. The normalized spacial score (nSPS) is 10.9. The molecule has 0 atom stereocenters. The zero-order valence-corrected chi connectivity index (χ0v) is 6.27. The van der Waals surface area contributed by atoms with Crippen LogP contribution in [0.4, 0.5) is 0 Å². The molecule has 0 rings (SSSR count). The van der Waals surface area contributed by atoms with Gasteiger partial charge in [-0.2, -0.15) is 0 Å². The van der Waals surface area contributed by atoms with Gasteiger partial charge in [-0.15, -0.1) is 0 Å². The molecule has 0 radical (unpaired) electrons. The Morgan fingerprint density at radius 1 is 1.22 bits per heavy atom. The van der Waals surface area contributed by atoms with Crippen LogP contribution in [0.3, 0.4) is 0 Å². The topological polar surface area (TPSA) is 26.0 Å². The Bertz CT molecular complexity index is 67.0. The molecule has 0 unspecified atom stereocenters. The minimum atomic E-state index is 0.816. The second kappa shape index (κ2) is 7.70. The van der Waals surface area contributed by atoms with Crippen molar-refractivity contribution in [2.75, 3.05) is 6.54 Å². The molecule has 0 fully saturated rings. The van der Waals surface area contributed by atoms with Crippen LogP contribution in [-0.2, 0) is 0 Å². The summed E-state index contributed by atoms with van der Waals surface area (Å²) in [7, 11) is 0. The number of hydrogen-bond acceptors (Lipinski definition) is 1. The maximum atomic E-state index is 5.31. The fraction of sp³-hybridized carbons (Fsp3) is 0.750. The molecule has 0 bridgehead atoms. The van der Waals surface area contributed by atoms with E-state index in [0.717, 1.165) is 19.4 Å². The van der Waals surface area contributed by atoms with Crippen LogP contribution in [0.25, 0.3) is 0 Å². The zero-order valence-electron chi connectivity index (χ0n) is 6.27. The van der Waals surface area contributed by atoms with Gasteiger partial charge in [0.25, 0.3) is 0 Å². The van der Waals surface area contributed by atoms with Crippen molar-refractivity contribution < 1.29 is 0 Å². The minimum absolute atomic E-state index is 0.816. The van der Waals surface area contributed by atoms with Crippen LogP contribution in [0.5, 0.6) is 0 Å². The Hall–Kier alpha value is -0.300. The van der Waals surface area contributed by atoms with Gasteiger partial charge in [0, 0.05) is 0 Å². The molecule has 1 heteroatoms. The Morgan fingerprint density at radius 2 is 1.89 bits per heavy atom.